The summed E-state index contributed by atoms with van der Waals surface area (Å²) in [6.45, 7) is 7.44. The van der Waals surface area contributed by atoms with E-state index in [1.54, 1.807) is 0 Å². The minimum absolute atomic E-state index is 0.0229. The Hall–Kier alpha value is -1.11. The van der Waals surface area contributed by atoms with Crippen molar-refractivity contribution in [2.45, 2.75) is 43.7 Å². The predicted octanol–water partition coefficient (Wildman–Crippen LogP) is 4.48. The Morgan fingerprint density at radius 3 is 2.50 bits per heavy atom. The quantitative estimate of drug-likeness (QED) is 0.659. The summed E-state index contributed by atoms with van der Waals surface area (Å²) in [6, 6.07) is 8.50. The van der Waals surface area contributed by atoms with E-state index < -0.39 is 0 Å². The van der Waals surface area contributed by atoms with Gasteiger partial charge in [0.1, 0.15) is 5.75 Å². The van der Waals surface area contributed by atoms with Gasteiger partial charge < -0.3 is 10.1 Å². The molecule has 1 amide bonds. The Kier molecular flexibility index (Phi) is 8.62. The third kappa shape index (κ3) is 7.05. The zero-order chi connectivity index (χ0) is 19.8. The fourth-order valence-electron chi connectivity index (χ4n) is 3.39. The van der Waals surface area contributed by atoms with Crippen LogP contribution >= 0.6 is 23.5 Å². The smallest absolute Gasteiger partial charge is 0.258 e. The van der Waals surface area contributed by atoms with Crippen molar-refractivity contribution in [1.82, 2.24) is 10.2 Å². The highest BCUT2D eigenvalue weighted by Gasteiger charge is 2.20. The van der Waals surface area contributed by atoms with Gasteiger partial charge >= 0.3 is 0 Å². The van der Waals surface area contributed by atoms with Crippen molar-refractivity contribution in [3.05, 3.63) is 41.5 Å². The molecule has 0 aliphatic carbocycles. The Morgan fingerprint density at radius 2 is 1.86 bits per heavy atom. The fraction of sp³-hybridized carbons (Fsp3) is 0.591. The molecule has 154 valence electrons. The molecular weight excluding hydrogens is 388 g/mol. The lowest BCUT2D eigenvalue weighted by atomic mass is 10.0. The second kappa shape index (κ2) is 11.2. The van der Waals surface area contributed by atoms with Gasteiger partial charge in [-0.2, -0.15) is 0 Å². The Balaban J connectivity index is 1.36. The Bertz CT molecular complexity index is 645. The average Bonchev–Trinajstić information content (AvgIpc) is 2.73. The molecule has 2 heterocycles. The second-order valence-corrected chi connectivity index (χ2v) is 10.4. The molecule has 0 unspecified atom stereocenters. The zero-order valence-corrected chi connectivity index (χ0v) is 18.6. The van der Waals surface area contributed by atoms with Gasteiger partial charge in [0.25, 0.3) is 5.91 Å². The number of carbonyl (C=O) groups is 1. The van der Waals surface area contributed by atoms with E-state index in [0.29, 0.717) is 4.58 Å². The van der Waals surface area contributed by atoms with Gasteiger partial charge in [-0.25, -0.2) is 0 Å². The number of carbonyl (C=O) groups excluding carboxylic acids is 1. The Labute approximate surface area is 177 Å². The van der Waals surface area contributed by atoms with Gasteiger partial charge in [-0.1, -0.05) is 23.8 Å². The zero-order valence-electron chi connectivity index (χ0n) is 17.0. The van der Waals surface area contributed by atoms with Crippen LogP contribution in [0.4, 0.5) is 0 Å². The largest absolute Gasteiger partial charge is 0.484 e. The SMILES string of the molecule is CC(C)=CCN1CCC(NC(=O)COc2ccc(C3SCCCS3)cc2)CC1. The van der Waals surface area contributed by atoms with Crippen LogP contribution in [0.3, 0.4) is 0 Å². The highest BCUT2D eigenvalue weighted by Crippen LogP contribution is 2.43. The van der Waals surface area contributed by atoms with Crippen molar-refractivity contribution in [3.8, 4) is 5.75 Å². The minimum Gasteiger partial charge on any atom is -0.484 e. The predicted molar refractivity (Wildman–Crippen MR) is 121 cm³/mol. The molecule has 0 radical (unpaired) electrons. The summed E-state index contributed by atoms with van der Waals surface area (Å²) in [5.41, 5.74) is 2.70. The number of thioether (sulfide) groups is 2. The van der Waals surface area contributed by atoms with Crippen LogP contribution in [-0.2, 0) is 4.79 Å². The van der Waals surface area contributed by atoms with Crippen LogP contribution in [0.5, 0.6) is 5.75 Å². The van der Waals surface area contributed by atoms with E-state index >= 15 is 0 Å². The number of nitrogens with one attached hydrogen (secondary N) is 1. The number of ether oxygens (including phenoxy) is 1. The second-order valence-electron chi connectivity index (χ2n) is 7.71. The molecule has 4 nitrogen and oxygen atoms in total. The molecule has 3 rings (SSSR count). The maximum Gasteiger partial charge on any atom is 0.258 e. The van der Waals surface area contributed by atoms with Crippen LogP contribution in [0, 0.1) is 0 Å². The minimum atomic E-state index is -0.0229. The summed E-state index contributed by atoms with van der Waals surface area (Å²) in [5, 5.41) is 3.12. The maximum atomic E-state index is 12.2. The van der Waals surface area contributed by atoms with Crippen LogP contribution in [0.15, 0.2) is 35.9 Å². The Morgan fingerprint density at radius 1 is 1.18 bits per heavy atom. The number of hydrogen-bond donors (Lipinski definition) is 1. The normalized spacial score (nSPS) is 19.2. The highest BCUT2D eigenvalue weighted by molar-refractivity contribution is 8.16. The molecule has 2 aliphatic rings. The third-order valence-electron chi connectivity index (χ3n) is 5.06. The standard InChI is InChI=1S/C22H32N2O2S2/c1-17(2)8-11-24-12-9-19(10-13-24)23-21(25)16-26-20-6-4-18(5-7-20)22-27-14-3-15-28-22/h4-8,19,22H,3,9-16H2,1-2H3,(H,23,25). The summed E-state index contributed by atoms with van der Waals surface area (Å²) in [4.78, 5) is 14.7. The van der Waals surface area contributed by atoms with Crippen molar-refractivity contribution in [1.29, 1.82) is 0 Å². The molecule has 0 aromatic heterocycles. The van der Waals surface area contributed by atoms with Crippen LogP contribution in [0.1, 0.15) is 43.3 Å². The van der Waals surface area contributed by atoms with E-state index in [9.17, 15) is 4.79 Å². The van der Waals surface area contributed by atoms with Crippen LogP contribution in [0.2, 0.25) is 0 Å². The first-order valence-corrected chi connectivity index (χ1v) is 12.3. The van der Waals surface area contributed by atoms with Gasteiger partial charge in [0.2, 0.25) is 0 Å². The number of amides is 1. The lowest BCUT2D eigenvalue weighted by Gasteiger charge is -2.31. The monoisotopic (exact) mass is 420 g/mol. The fourth-order valence-corrected chi connectivity index (χ4v) is 6.29. The number of allylic oxidation sites excluding steroid dienone is 1. The summed E-state index contributed by atoms with van der Waals surface area (Å²) in [7, 11) is 0. The summed E-state index contributed by atoms with van der Waals surface area (Å²) in [6.07, 6.45) is 5.59. The van der Waals surface area contributed by atoms with Crippen molar-refractivity contribution < 1.29 is 9.53 Å². The first kappa shape index (κ1) is 21.6. The topological polar surface area (TPSA) is 41.6 Å². The van der Waals surface area contributed by atoms with Gasteiger partial charge in [-0.3, -0.25) is 9.69 Å². The molecule has 2 aliphatic heterocycles. The summed E-state index contributed by atoms with van der Waals surface area (Å²) in [5.74, 6) is 3.22. The van der Waals surface area contributed by atoms with Crippen molar-refractivity contribution in [2.24, 2.45) is 0 Å². The van der Waals surface area contributed by atoms with E-state index in [1.807, 2.05) is 35.7 Å². The molecule has 0 saturated carbocycles. The average molecular weight is 421 g/mol. The number of hydrogen-bond acceptors (Lipinski definition) is 5. The van der Waals surface area contributed by atoms with Crippen LogP contribution in [0.25, 0.3) is 0 Å². The lowest BCUT2D eigenvalue weighted by Crippen LogP contribution is -2.45. The number of likely N-dealkylation sites (tertiary alicyclic amines) is 1. The molecule has 0 bridgehead atoms. The van der Waals surface area contributed by atoms with E-state index in [0.717, 1.165) is 38.2 Å². The number of rotatable bonds is 7. The van der Waals surface area contributed by atoms with Gasteiger partial charge in [0, 0.05) is 25.7 Å². The van der Waals surface area contributed by atoms with E-state index in [-0.39, 0.29) is 18.6 Å². The molecule has 28 heavy (non-hydrogen) atoms. The van der Waals surface area contributed by atoms with Gasteiger partial charge in [0.15, 0.2) is 6.61 Å². The van der Waals surface area contributed by atoms with Crippen molar-refractivity contribution in [2.75, 3.05) is 37.7 Å². The first-order valence-electron chi connectivity index (χ1n) is 10.2. The molecule has 1 aromatic rings. The van der Waals surface area contributed by atoms with Crippen molar-refractivity contribution >= 4 is 29.4 Å². The third-order valence-corrected chi connectivity index (χ3v) is 8.07. The molecule has 1 N–H and O–H groups in total. The summed E-state index contributed by atoms with van der Waals surface area (Å²) < 4.78 is 6.23. The highest BCUT2D eigenvalue weighted by atomic mass is 32.2. The summed E-state index contributed by atoms with van der Waals surface area (Å²) >= 11 is 4.03. The molecule has 0 spiro atoms. The number of benzene rings is 1. The van der Waals surface area contributed by atoms with Crippen LogP contribution < -0.4 is 10.1 Å². The van der Waals surface area contributed by atoms with Crippen LogP contribution in [-0.4, -0.2) is 54.6 Å². The van der Waals surface area contributed by atoms with Gasteiger partial charge in [-0.15, -0.1) is 23.5 Å². The molecular formula is C22H32N2O2S2. The van der Waals surface area contributed by atoms with Crippen molar-refractivity contribution in [3.63, 3.8) is 0 Å². The maximum absolute atomic E-state index is 12.2. The molecule has 1 aromatic carbocycles. The van der Waals surface area contributed by atoms with E-state index in [1.165, 1.54) is 29.1 Å². The van der Waals surface area contributed by atoms with E-state index in [2.05, 4.69) is 42.3 Å². The van der Waals surface area contributed by atoms with Gasteiger partial charge in [-0.05, 0) is 62.3 Å². The molecule has 2 fully saturated rings. The van der Waals surface area contributed by atoms with E-state index in [4.69, 9.17) is 4.74 Å². The number of piperidine rings is 1. The van der Waals surface area contributed by atoms with Gasteiger partial charge in [0.05, 0.1) is 4.58 Å². The first-order chi connectivity index (χ1) is 13.6. The molecule has 2 saturated heterocycles. The molecule has 0 atom stereocenters. The number of nitrogens with zero attached hydrogens (tertiary/aromatic N) is 1. The lowest BCUT2D eigenvalue weighted by molar-refractivity contribution is -0.124. The molecule has 6 heteroatoms.